The minimum Gasteiger partial charge on any atom is -0.466 e. The first-order chi connectivity index (χ1) is 13.3. The van der Waals surface area contributed by atoms with E-state index in [1.165, 1.54) is 26.2 Å². The Labute approximate surface area is 167 Å². The van der Waals surface area contributed by atoms with Crippen LogP contribution in [0.2, 0.25) is 5.02 Å². The standard InChI is InChI=1S/C20H20ClFN2O4/c1-11-15(10-23)18(14-7-6-13(22)9-16(14)21)19(20(26)27-3)17(24-11)5-4-8-28-12(2)25/h6-7,9,18,24H,4-5,8H2,1-3H3. The van der Waals surface area contributed by atoms with E-state index >= 15 is 0 Å². The molecule has 2 rings (SSSR count). The molecular weight excluding hydrogens is 387 g/mol. The molecule has 1 aromatic rings. The molecule has 0 fully saturated rings. The Balaban J connectivity index is 2.53. The molecule has 28 heavy (non-hydrogen) atoms. The Hall–Kier alpha value is -2.85. The van der Waals surface area contributed by atoms with Crippen LogP contribution in [0.25, 0.3) is 0 Å². The lowest BCUT2D eigenvalue weighted by atomic mass is 9.80. The molecular formula is C20H20ClFN2O4. The van der Waals surface area contributed by atoms with E-state index in [2.05, 4.69) is 11.4 Å². The van der Waals surface area contributed by atoms with Gasteiger partial charge in [0.1, 0.15) is 5.82 Å². The number of methoxy groups -OCH3 is 1. The summed E-state index contributed by atoms with van der Waals surface area (Å²) < 4.78 is 23.4. The molecule has 148 valence electrons. The molecule has 0 aromatic heterocycles. The fraction of sp³-hybridized carbons (Fsp3) is 0.350. The quantitative estimate of drug-likeness (QED) is 0.572. The number of nitriles is 1. The van der Waals surface area contributed by atoms with Crippen molar-refractivity contribution in [1.29, 1.82) is 5.26 Å². The first-order valence-electron chi connectivity index (χ1n) is 8.57. The van der Waals surface area contributed by atoms with Crippen molar-refractivity contribution in [2.24, 2.45) is 0 Å². The van der Waals surface area contributed by atoms with Crippen LogP contribution in [-0.2, 0) is 19.1 Å². The second kappa shape index (κ2) is 9.38. The van der Waals surface area contributed by atoms with Gasteiger partial charge in [-0.25, -0.2) is 9.18 Å². The highest BCUT2D eigenvalue weighted by atomic mass is 35.5. The van der Waals surface area contributed by atoms with Crippen molar-refractivity contribution in [2.45, 2.75) is 32.6 Å². The van der Waals surface area contributed by atoms with E-state index in [-0.39, 0.29) is 22.8 Å². The van der Waals surface area contributed by atoms with Gasteiger partial charge < -0.3 is 14.8 Å². The Morgan fingerprint density at radius 3 is 2.68 bits per heavy atom. The van der Waals surface area contributed by atoms with Crippen LogP contribution in [0.1, 0.15) is 38.2 Å². The summed E-state index contributed by atoms with van der Waals surface area (Å²) in [5.74, 6) is -2.33. The summed E-state index contributed by atoms with van der Waals surface area (Å²) >= 11 is 6.23. The van der Waals surface area contributed by atoms with Gasteiger partial charge in [0, 0.05) is 23.3 Å². The summed E-state index contributed by atoms with van der Waals surface area (Å²) in [4.78, 5) is 23.5. The third-order valence-electron chi connectivity index (χ3n) is 4.32. The van der Waals surface area contributed by atoms with Gasteiger partial charge in [-0.15, -0.1) is 0 Å². The average Bonchev–Trinajstić information content (AvgIpc) is 2.64. The van der Waals surface area contributed by atoms with Crippen molar-refractivity contribution in [3.05, 3.63) is 57.1 Å². The molecule has 1 unspecified atom stereocenters. The molecule has 0 saturated carbocycles. The van der Waals surface area contributed by atoms with Crippen LogP contribution in [0.15, 0.2) is 40.7 Å². The predicted octanol–water partition coefficient (Wildman–Crippen LogP) is 3.73. The molecule has 1 N–H and O–H groups in total. The molecule has 0 spiro atoms. The van der Waals surface area contributed by atoms with Crippen molar-refractivity contribution in [1.82, 2.24) is 5.32 Å². The van der Waals surface area contributed by atoms with E-state index in [1.54, 1.807) is 6.92 Å². The number of nitrogens with one attached hydrogen (secondary N) is 1. The van der Waals surface area contributed by atoms with E-state index in [4.69, 9.17) is 21.1 Å². The third kappa shape index (κ3) is 4.70. The van der Waals surface area contributed by atoms with Crippen molar-refractivity contribution in [2.75, 3.05) is 13.7 Å². The normalized spacial score (nSPS) is 16.4. The lowest BCUT2D eigenvalue weighted by Gasteiger charge is -2.30. The van der Waals surface area contributed by atoms with Crippen LogP contribution in [0.4, 0.5) is 4.39 Å². The second-order valence-electron chi connectivity index (χ2n) is 6.20. The Kier molecular flexibility index (Phi) is 7.18. The van der Waals surface area contributed by atoms with Crippen LogP contribution in [0.5, 0.6) is 0 Å². The molecule has 1 atom stereocenters. The number of rotatable bonds is 6. The molecule has 1 aliphatic heterocycles. The number of benzene rings is 1. The monoisotopic (exact) mass is 406 g/mol. The number of carbonyl (C=O) groups excluding carboxylic acids is 2. The Morgan fingerprint density at radius 1 is 1.39 bits per heavy atom. The highest BCUT2D eigenvalue weighted by Crippen LogP contribution is 2.41. The summed E-state index contributed by atoms with van der Waals surface area (Å²) in [7, 11) is 1.24. The predicted molar refractivity (Wildman–Crippen MR) is 101 cm³/mol. The summed E-state index contributed by atoms with van der Waals surface area (Å²) in [6, 6.07) is 5.93. The van der Waals surface area contributed by atoms with E-state index in [0.717, 1.165) is 6.07 Å². The Bertz CT molecular complexity index is 902. The largest absolute Gasteiger partial charge is 0.466 e. The molecule has 0 radical (unpaired) electrons. The fourth-order valence-electron chi connectivity index (χ4n) is 3.10. The second-order valence-corrected chi connectivity index (χ2v) is 6.61. The summed E-state index contributed by atoms with van der Waals surface area (Å²) in [6.45, 7) is 3.21. The van der Waals surface area contributed by atoms with Gasteiger partial charge in [-0.05, 0) is 37.5 Å². The van der Waals surface area contributed by atoms with Gasteiger partial charge in [-0.3, -0.25) is 4.79 Å². The summed E-state index contributed by atoms with van der Waals surface area (Å²) in [6.07, 6.45) is 0.838. The maximum atomic E-state index is 13.5. The van der Waals surface area contributed by atoms with Crippen molar-refractivity contribution in [3.63, 3.8) is 0 Å². The van der Waals surface area contributed by atoms with Gasteiger partial charge in [0.25, 0.3) is 0 Å². The lowest BCUT2D eigenvalue weighted by molar-refractivity contribution is -0.141. The number of hydrogen-bond acceptors (Lipinski definition) is 6. The molecule has 8 heteroatoms. The van der Waals surface area contributed by atoms with Gasteiger partial charge in [0.05, 0.1) is 36.9 Å². The molecule has 1 aromatic carbocycles. The van der Waals surface area contributed by atoms with Gasteiger partial charge in [0.2, 0.25) is 0 Å². The minimum atomic E-state index is -0.796. The minimum absolute atomic E-state index is 0.105. The zero-order valence-corrected chi connectivity index (χ0v) is 16.5. The molecule has 1 aliphatic rings. The summed E-state index contributed by atoms with van der Waals surface area (Å²) in [5.41, 5.74) is 2.04. The maximum absolute atomic E-state index is 13.5. The van der Waals surface area contributed by atoms with Crippen LogP contribution in [0, 0.1) is 17.1 Å². The third-order valence-corrected chi connectivity index (χ3v) is 4.65. The van der Waals surface area contributed by atoms with Crippen LogP contribution in [0.3, 0.4) is 0 Å². The van der Waals surface area contributed by atoms with E-state index < -0.39 is 23.7 Å². The fourth-order valence-corrected chi connectivity index (χ4v) is 3.38. The molecule has 0 saturated heterocycles. The van der Waals surface area contributed by atoms with E-state index in [1.807, 2.05) is 0 Å². The number of allylic oxidation sites excluding steroid dienone is 3. The van der Waals surface area contributed by atoms with Crippen LogP contribution < -0.4 is 5.32 Å². The first-order valence-corrected chi connectivity index (χ1v) is 8.95. The molecule has 1 heterocycles. The van der Waals surface area contributed by atoms with Crippen molar-refractivity contribution < 1.29 is 23.5 Å². The molecule has 6 nitrogen and oxygen atoms in total. The van der Waals surface area contributed by atoms with Crippen LogP contribution >= 0.6 is 11.6 Å². The number of dihydropyridines is 1. The topological polar surface area (TPSA) is 88.4 Å². The van der Waals surface area contributed by atoms with Gasteiger partial charge in [-0.2, -0.15) is 5.26 Å². The molecule has 0 aliphatic carbocycles. The van der Waals surface area contributed by atoms with Gasteiger partial charge in [-0.1, -0.05) is 17.7 Å². The zero-order chi connectivity index (χ0) is 20.8. The average molecular weight is 407 g/mol. The lowest BCUT2D eigenvalue weighted by Crippen LogP contribution is -2.30. The maximum Gasteiger partial charge on any atom is 0.336 e. The van der Waals surface area contributed by atoms with E-state index in [9.17, 15) is 19.2 Å². The highest BCUT2D eigenvalue weighted by Gasteiger charge is 2.36. The number of hydrogen-bond donors (Lipinski definition) is 1. The number of ether oxygens (including phenoxy) is 2. The smallest absolute Gasteiger partial charge is 0.336 e. The number of esters is 2. The van der Waals surface area contributed by atoms with Gasteiger partial charge in [0.15, 0.2) is 0 Å². The van der Waals surface area contributed by atoms with Gasteiger partial charge >= 0.3 is 11.9 Å². The molecule has 0 bridgehead atoms. The number of halogens is 2. The first kappa shape index (κ1) is 21.5. The number of carbonyl (C=O) groups is 2. The highest BCUT2D eigenvalue weighted by molar-refractivity contribution is 6.31. The Morgan fingerprint density at radius 2 is 2.11 bits per heavy atom. The summed E-state index contributed by atoms with van der Waals surface area (Å²) in [5, 5.41) is 12.9. The van der Waals surface area contributed by atoms with Crippen molar-refractivity contribution >= 4 is 23.5 Å². The number of nitrogens with zero attached hydrogens (tertiary/aromatic N) is 1. The van der Waals surface area contributed by atoms with Crippen LogP contribution in [-0.4, -0.2) is 25.7 Å². The SMILES string of the molecule is COC(=O)C1=C(CCCOC(C)=O)NC(C)=C(C#N)C1c1ccc(F)cc1Cl. The molecule has 0 amide bonds. The van der Waals surface area contributed by atoms with Crippen molar-refractivity contribution in [3.8, 4) is 6.07 Å². The van der Waals surface area contributed by atoms with E-state index in [0.29, 0.717) is 29.8 Å². The zero-order valence-electron chi connectivity index (χ0n) is 15.8.